The number of ether oxygens (including phenoxy) is 1. The molecule has 1 aliphatic rings. The molecule has 0 unspecified atom stereocenters. The zero-order valence-electron chi connectivity index (χ0n) is 10.2. The molecule has 0 aromatic heterocycles. The Balaban J connectivity index is 1.96. The average molecular weight is 236 g/mol. The van der Waals surface area contributed by atoms with Crippen molar-refractivity contribution in [3.63, 3.8) is 0 Å². The Labute approximate surface area is 102 Å². The monoisotopic (exact) mass is 236 g/mol. The van der Waals surface area contributed by atoms with E-state index in [2.05, 4.69) is 0 Å². The molecule has 0 radical (unpaired) electrons. The third-order valence-electron chi connectivity index (χ3n) is 3.38. The van der Waals surface area contributed by atoms with Gasteiger partial charge in [0.2, 0.25) is 0 Å². The Kier molecular flexibility index (Phi) is 3.69. The third-order valence-corrected chi connectivity index (χ3v) is 3.38. The molecule has 2 rings (SSSR count). The van der Waals surface area contributed by atoms with Gasteiger partial charge in [-0.05, 0) is 37.5 Å². The van der Waals surface area contributed by atoms with Gasteiger partial charge in [-0.3, -0.25) is 0 Å². The molecule has 3 heteroatoms. The highest BCUT2D eigenvalue weighted by atomic mass is 16.5. The molecule has 0 heterocycles. The van der Waals surface area contributed by atoms with E-state index in [1.165, 1.54) is 0 Å². The largest absolute Gasteiger partial charge is 0.491 e. The van der Waals surface area contributed by atoms with E-state index in [9.17, 15) is 10.2 Å². The van der Waals surface area contributed by atoms with E-state index in [-0.39, 0.29) is 0 Å². The molecule has 0 saturated heterocycles. The average Bonchev–Trinajstić information content (AvgIpc) is 2.75. The van der Waals surface area contributed by atoms with Crippen LogP contribution in [0.25, 0.3) is 0 Å². The fourth-order valence-electron chi connectivity index (χ4n) is 2.26. The normalized spacial score (nSPS) is 20.2. The highest BCUT2D eigenvalue weighted by Crippen LogP contribution is 2.30. The second-order valence-electron chi connectivity index (χ2n) is 4.97. The molecule has 0 amide bonds. The van der Waals surface area contributed by atoms with Crippen LogP contribution < -0.4 is 4.74 Å². The van der Waals surface area contributed by atoms with Gasteiger partial charge < -0.3 is 14.9 Å². The number of aliphatic hydroxyl groups excluding tert-OH is 1. The molecular formula is C14H20O3. The summed E-state index contributed by atoms with van der Waals surface area (Å²) in [6, 6.07) is 7.39. The molecule has 3 nitrogen and oxygen atoms in total. The molecule has 0 aliphatic heterocycles. The minimum absolute atomic E-state index is 0.344. The molecule has 1 saturated carbocycles. The van der Waals surface area contributed by atoms with E-state index in [1.54, 1.807) is 6.92 Å². The first-order valence-corrected chi connectivity index (χ1v) is 6.22. The van der Waals surface area contributed by atoms with Crippen molar-refractivity contribution >= 4 is 0 Å². The van der Waals surface area contributed by atoms with Crippen LogP contribution in [0.3, 0.4) is 0 Å². The lowest BCUT2D eigenvalue weighted by Gasteiger charge is -2.22. The van der Waals surface area contributed by atoms with Gasteiger partial charge >= 0.3 is 0 Å². The molecule has 1 aliphatic carbocycles. The molecule has 1 aromatic rings. The van der Waals surface area contributed by atoms with Crippen molar-refractivity contribution < 1.29 is 14.9 Å². The van der Waals surface area contributed by atoms with Crippen LogP contribution in [-0.2, 0) is 0 Å². The summed E-state index contributed by atoms with van der Waals surface area (Å²) in [6.45, 7) is 2.07. The Morgan fingerprint density at radius 3 is 2.71 bits per heavy atom. The second-order valence-corrected chi connectivity index (χ2v) is 4.97. The van der Waals surface area contributed by atoms with Gasteiger partial charge in [-0.2, -0.15) is 0 Å². The van der Waals surface area contributed by atoms with E-state index >= 15 is 0 Å². The second kappa shape index (κ2) is 5.07. The Morgan fingerprint density at radius 2 is 2.06 bits per heavy atom. The maximum absolute atomic E-state index is 10.2. The van der Waals surface area contributed by atoms with E-state index in [4.69, 9.17) is 4.74 Å². The zero-order chi connectivity index (χ0) is 12.3. The van der Waals surface area contributed by atoms with E-state index in [0.29, 0.717) is 12.4 Å². The highest BCUT2D eigenvalue weighted by Gasteiger charge is 2.31. The van der Waals surface area contributed by atoms with Gasteiger partial charge in [-0.15, -0.1) is 0 Å². The molecule has 0 bridgehead atoms. The Hall–Kier alpha value is -1.06. The van der Waals surface area contributed by atoms with Crippen LogP contribution in [0.1, 0.15) is 44.3 Å². The van der Waals surface area contributed by atoms with Gasteiger partial charge in [0, 0.05) is 0 Å². The minimum Gasteiger partial charge on any atom is -0.491 e. The van der Waals surface area contributed by atoms with Crippen LogP contribution >= 0.6 is 0 Å². The van der Waals surface area contributed by atoms with Crippen LogP contribution in [0.2, 0.25) is 0 Å². The third kappa shape index (κ3) is 3.20. The molecule has 1 atom stereocenters. The predicted molar refractivity (Wildman–Crippen MR) is 66.0 cm³/mol. The lowest BCUT2D eigenvalue weighted by molar-refractivity contribution is 0.00135. The first-order valence-electron chi connectivity index (χ1n) is 6.22. The summed E-state index contributed by atoms with van der Waals surface area (Å²) in [5.41, 5.74) is 0.182. The van der Waals surface area contributed by atoms with Crippen molar-refractivity contribution in [2.24, 2.45) is 0 Å². The minimum atomic E-state index is -0.652. The topological polar surface area (TPSA) is 49.7 Å². The van der Waals surface area contributed by atoms with Crippen molar-refractivity contribution in [2.45, 2.75) is 44.3 Å². The van der Waals surface area contributed by atoms with Crippen molar-refractivity contribution in [3.05, 3.63) is 29.8 Å². The van der Waals surface area contributed by atoms with Crippen LogP contribution in [-0.4, -0.2) is 22.4 Å². The molecular weight excluding hydrogens is 216 g/mol. The molecule has 17 heavy (non-hydrogen) atoms. The summed E-state index contributed by atoms with van der Waals surface area (Å²) >= 11 is 0. The zero-order valence-corrected chi connectivity index (χ0v) is 10.2. The van der Waals surface area contributed by atoms with Gasteiger partial charge in [-0.25, -0.2) is 0 Å². The van der Waals surface area contributed by atoms with Crippen molar-refractivity contribution in [2.75, 3.05) is 6.61 Å². The first kappa shape index (κ1) is 12.4. The van der Waals surface area contributed by atoms with Crippen LogP contribution in [0.15, 0.2) is 24.3 Å². The van der Waals surface area contributed by atoms with Gasteiger partial charge in [-0.1, -0.05) is 25.0 Å². The fourth-order valence-corrected chi connectivity index (χ4v) is 2.26. The highest BCUT2D eigenvalue weighted by molar-refractivity contribution is 5.29. The molecule has 0 spiro atoms. The SMILES string of the molecule is C[C@@H](O)c1cccc(OCC2(O)CCCC2)c1. The van der Waals surface area contributed by atoms with E-state index in [1.807, 2.05) is 24.3 Å². The summed E-state index contributed by atoms with van der Waals surface area (Å²) in [7, 11) is 0. The predicted octanol–water partition coefficient (Wildman–Crippen LogP) is 2.42. The summed E-state index contributed by atoms with van der Waals surface area (Å²) < 4.78 is 5.62. The lowest BCUT2D eigenvalue weighted by Crippen LogP contribution is -2.32. The quantitative estimate of drug-likeness (QED) is 0.844. The van der Waals surface area contributed by atoms with Crippen molar-refractivity contribution in [3.8, 4) is 5.75 Å². The number of benzene rings is 1. The Bertz CT molecular complexity index is 367. The van der Waals surface area contributed by atoms with Gasteiger partial charge in [0.25, 0.3) is 0 Å². The number of rotatable bonds is 4. The van der Waals surface area contributed by atoms with Gasteiger partial charge in [0.15, 0.2) is 0 Å². The molecule has 2 N–H and O–H groups in total. The maximum atomic E-state index is 10.2. The Morgan fingerprint density at radius 1 is 1.35 bits per heavy atom. The van der Waals surface area contributed by atoms with E-state index < -0.39 is 11.7 Å². The van der Waals surface area contributed by atoms with Crippen molar-refractivity contribution in [1.29, 1.82) is 0 Å². The summed E-state index contributed by atoms with van der Waals surface area (Å²) in [5.74, 6) is 0.712. The summed E-state index contributed by atoms with van der Waals surface area (Å²) in [4.78, 5) is 0. The fraction of sp³-hybridized carbons (Fsp3) is 0.571. The van der Waals surface area contributed by atoms with Crippen molar-refractivity contribution in [1.82, 2.24) is 0 Å². The lowest BCUT2D eigenvalue weighted by atomic mass is 10.0. The number of hydrogen-bond acceptors (Lipinski definition) is 3. The van der Waals surface area contributed by atoms with E-state index in [0.717, 1.165) is 31.2 Å². The first-order chi connectivity index (χ1) is 8.09. The summed E-state index contributed by atoms with van der Waals surface area (Å²) in [5, 5.41) is 19.6. The van der Waals surface area contributed by atoms with Gasteiger partial charge in [0.05, 0.1) is 11.7 Å². The molecule has 1 fully saturated rings. The van der Waals surface area contributed by atoms with Crippen LogP contribution in [0, 0.1) is 0 Å². The number of aliphatic hydroxyl groups is 2. The number of hydrogen-bond donors (Lipinski definition) is 2. The van der Waals surface area contributed by atoms with Gasteiger partial charge in [0.1, 0.15) is 12.4 Å². The molecule has 1 aromatic carbocycles. The smallest absolute Gasteiger partial charge is 0.119 e. The molecule has 94 valence electrons. The van der Waals surface area contributed by atoms with Crippen LogP contribution in [0.4, 0.5) is 0 Å². The maximum Gasteiger partial charge on any atom is 0.119 e. The standard InChI is InChI=1S/C14H20O3/c1-11(15)12-5-4-6-13(9-12)17-10-14(16)7-2-3-8-14/h4-6,9,11,15-16H,2-3,7-8,10H2,1H3/t11-/m1/s1. The van der Waals surface area contributed by atoms with Crippen LogP contribution in [0.5, 0.6) is 5.75 Å². The summed E-state index contributed by atoms with van der Waals surface area (Å²) in [6.07, 6.45) is 3.31.